The van der Waals surface area contributed by atoms with Crippen LogP contribution in [-0.2, 0) is 4.74 Å². The highest BCUT2D eigenvalue weighted by Crippen LogP contribution is 2.36. The van der Waals surface area contributed by atoms with Crippen molar-refractivity contribution in [2.45, 2.75) is 24.4 Å². The molecule has 0 unspecified atom stereocenters. The van der Waals surface area contributed by atoms with Gasteiger partial charge in [0.2, 0.25) is 0 Å². The first kappa shape index (κ1) is 28.7. The summed E-state index contributed by atoms with van der Waals surface area (Å²) in [5, 5.41) is 46.1. The normalized spacial score (nSPS) is 17.6. The molecule has 4 atom stereocenters. The third kappa shape index (κ3) is 6.46. The van der Waals surface area contributed by atoms with Gasteiger partial charge < -0.3 is 40.0 Å². The Kier molecular flexibility index (Phi) is 9.96. The Morgan fingerprint density at radius 3 is 2.50 bits per heavy atom. The molecule has 0 spiro atoms. The molecule has 4 rings (SSSR count). The molecule has 0 aliphatic carbocycles. The lowest BCUT2D eigenvalue weighted by molar-refractivity contribution is -0.114. The highest BCUT2D eigenvalue weighted by molar-refractivity contribution is 9.10. The summed E-state index contributed by atoms with van der Waals surface area (Å²) >= 11 is 9.58. The molecule has 1 aromatic heterocycles. The van der Waals surface area contributed by atoms with Crippen molar-refractivity contribution in [2.75, 3.05) is 51.9 Å². The molecule has 0 saturated carbocycles. The molecule has 5 N–H and O–H groups in total. The lowest BCUT2D eigenvalue weighted by Crippen LogP contribution is -2.57. The number of anilines is 2. The second kappa shape index (κ2) is 13.2. The summed E-state index contributed by atoms with van der Waals surface area (Å²) < 4.78 is 17.5. The number of ether oxygens (including phenoxy) is 3. The molecule has 0 radical (unpaired) electrons. The second-order valence-electron chi connectivity index (χ2n) is 8.71. The van der Waals surface area contributed by atoms with Crippen molar-refractivity contribution in [1.82, 2.24) is 14.9 Å². The van der Waals surface area contributed by atoms with E-state index in [4.69, 9.17) is 25.8 Å². The number of nitrogens with one attached hydrogen (secondary N) is 1. The van der Waals surface area contributed by atoms with Crippen LogP contribution in [0.25, 0.3) is 10.9 Å². The Bertz CT molecular complexity index is 1230. The van der Waals surface area contributed by atoms with Crippen molar-refractivity contribution in [3.63, 3.8) is 0 Å². The van der Waals surface area contributed by atoms with Crippen molar-refractivity contribution in [3.8, 4) is 11.5 Å². The van der Waals surface area contributed by atoms with Crippen LogP contribution in [0.1, 0.15) is 0 Å². The Balaban J connectivity index is 1.58. The molecule has 3 aromatic rings. The number of methoxy groups -OCH3 is 1. The minimum atomic E-state index is -1.51. The van der Waals surface area contributed by atoms with E-state index >= 15 is 0 Å². The largest absolute Gasteiger partial charge is 0.493 e. The van der Waals surface area contributed by atoms with Crippen LogP contribution in [0.15, 0.2) is 41.1 Å². The first-order chi connectivity index (χ1) is 18.4. The average molecular weight is 614 g/mol. The molecule has 1 aliphatic rings. The zero-order chi connectivity index (χ0) is 27.2. The van der Waals surface area contributed by atoms with E-state index in [1.807, 2.05) is 17.0 Å². The summed E-state index contributed by atoms with van der Waals surface area (Å²) in [4.78, 5) is 10.5. The molecule has 38 heavy (non-hydrogen) atoms. The van der Waals surface area contributed by atoms with Gasteiger partial charge in [0, 0.05) is 34.7 Å². The minimum absolute atomic E-state index is 0.202. The monoisotopic (exact) mass is 612 g/mol. The highest BCUT2D eigenvalue weighted by Gasteiger charge is 2.37. The molecule has 1 saturated heterocycles. The van der Waals surface area contributed by atoms with E-state index in [1.165, 1.54) is 13.4 Å². The number of aliphatic hydroxyl groups is 4. The molecule has 11 nitrogen and oxygen atoms in total. The molecule has 1 aliphatic heterocycles. The van der Waals surface area contributed by atoms with Crippen molar-refractivity contribution in [3.05, 3.63) is 46.2 Å². The smallest absolute Gasteiger partial charge is 0.164 e. The maximum Gasteiger partial charge on any atom is 0.164 e. The van der Waals surface area contributed by atoms with Gasteiger partial charge in [0.1, 0.15) is 24.4 Å². The van der Waals surface area contributed by atoms with Crippen molar-refractivity contribution in [1.29, 1.82) is 0 Å². The quantitative estimate of drug-likeness (QED) is 0.216. The predicted octanol–water partition coefficient (Wildman–Crippen LogP) is 1.95. The van der Waals surface area contributed by atoms with Crippen LogP contribution in [0.3, 0.4) is 0 Å². The standard InChI is InChI=1S/C25H30BrClN4O7/c1-36-20-9-15-18(28-13-29-25(15)30-14-2-3-16(26)17(27)8-14)10-21(20)38-22(12-33)24(35)23(34)19(11-32)31-4-6-37-7-5-31/h2-3,8-10,13,19,22-24,32-35H,4-7,11-12H2,1H3,(H,28,29,30)/t19-,22-,23+,24+/m1/s1. The molecule has 2 aromatic carbocycles. The number of hydrogen-bond donors (Lipinski definition) is 5. The fourth-order valence-electron chi connectivity index (χ4n) is 4.30. The number of aromatic nitrogens is 2. The summed E-state index contributed by atoms with van der Waals surface area (Å²) in [6.45, 7) is 0.942. The lowest BCUT2D eigenvalue weighted by Gasteiger charge is -2.38. The van der Waals surface area contributed by atoms with Gasteiger partial charge in [0.25, 0.3) is 0 Å². The molecule has 0 bridgehead atoms. The topological polar surface area (TPSA) is 150 Å². The maximum atomic E-state index is 10.9. The van der Waals surface area contributed by atoms with E-state index in [9.17, 15) is 20.4 Å². The number of hydrogen-bond acceptors (Lipinski definition) is 11. The van der Waals surface area contributed by atoms with Gasteiger partial charge in [-0.25, -0.2) is 9.97 Å². The van der Waals surface area contributed by atoms with Crippen molar-refractivity contribution >= 4 is 49.9 Å². The summed E-state index contributed by atoms with van der Waals surface area (Å²) in [5.41, 5.74) is 1.23. The molecule has 1 fully saturated rings. The molecule has 206 valence electrons. The molecular weight excluding hydrogens is 584 g/mol. The van der Waals surface area contributed by atoms with E-state index in [1.54, 1.807) is 18.2 Å². The second-order valence-corrected chi connectivity index (χ2v) is 9.98. The fourth-order valence-corrected chi connectivity index (χ4v) is 4.73. The molecule has 2 heterocycles. The lowest BCUT2D eigenvalue weighted by atomic mass is 9.99. The molecule has 0 amide bonds. The number of benzene rings is 2. The van der Waals surface area contributed by atoms with Crippen LogP contribution in [-0.4, -0.2) is 106 Å². The van der Waals surface area contributed by atoms with Crippen LogP contribution in [0, 0.1) is 0 Å². The minimum Gasteiger partial charge on any atom is -0.493 e. The van der Waals surface area contributed by atoms with Crippen LogP contribution in [0.2, 0.25) is 5.02 Å². The van der Waals surface area contributed by atoms with Gasteiger partial charge in [-0.15, -0.1) is 0 Å². The Labute approximate surface area is 233 Å². The highest BCUT2D eigenvalue weighted by atomic mass is 79.9. The van der Waals surface area contributed by atoms with Crippen molar-refractivity contribution in [2.24, 2.45) is 0 Å². The van der Waals surface area contributed by atoms with Gasteiger partial charge >= 0.3 is 0 Å². The SMILES string of the molecule is COc1cc2c(Nc3ccc(Br)c(Cl)c3)ncnc2cc1O[C@H](CO)[C@H](O)[C@@H](O)[C@@H](CO)N1CCOCC1. The third-order valence-corrected chi connectivity index (χ3v) is 7.62. The molecule has 13 heteroatoms. The van der Waals surface area contributed by atoms with Crippen LogP contribution < -0.4 is 14.8 Å². The number of fused-ring (bicyclic) bond motifs is 1. The summed E-state index contributed by atoms with van der Waals surface area (Å²) in [7, 11) is 1.46. The van der Waals surface area contributed by atoms with Gasteiger partial charge in [-0.1, -0.05) is 11.6 Å². The van der Waals surface area contributed by atoms with Gasteiger partial charge in [-0.05, 0) is 40.2 Å². The van der Waals surface area contributed by atoms with Crippen LogP contribution >= 0.6 is 27.5 Å². The molecular formula is C25H30BrClN4O7. The van der Waals surface area contributed by atoms with Crippen LogP contribution in [0.5, 0.6) is 11.5 Å². The van der Waals surface area contributed by atoms with Gasteiger partial charge in [-0.3, -0.25) is 4.90 Å². The van der Waals surface area contributed by atoms with E-state index in [0.717, 1.165) is 4.47 Å². The van der Waals surface area contributed by atoms with E-state index < -0.39 is 31.0 Å². The summed E-state index contributed by atoms with van der Waals surface area (Å²) in [6.07, 6.45) is -2.73. The third-order valence-electron chi connectivity index (χ3n) is 6.39. The first-order valence-electron chi connectivity index (χ1n) is 12.0. The van der Waals surface area contributed by atoms with E-state index in [2.05, 4.69) is 31.2 Å². The Hall–Kier alpha value is -2.29. The number of morpholine rings is 1. The van der Waals surface area contributed by atoms with E-state index in [0.29, 0.717) is 59.5 Å². The summed E-state index contributed by atoms with van der Waals surface area (Å²) in [5.74, 6) is 1.01. The zero-order valence-corrected chi connectivity index (χ0v) is 23.0. The fraction of sp³-hybridized carbons (Fsp3) is 0.440. The zero-order valence-electron chi connectivity index (χ0n) is 20.6. The number of nitrogens with zero attached hydrogens (tertiary/aromatic N) is 3. The van der Waals surface area contributed by atoms with Gasteiger partial charge in [0.15, 0.2) is 17.6 Å². The summed E-state index contributed by atoms with van der Waals surface area (Å²) in [6, 6.07) is 7.93. The Morgan fingerprint density at radius 1 is 1.08 bits per heavy atom. The van der Waals surface area contributed by atoms with E-state index in [-0.39, 0.29) is 12.4 Å². The van der Waals surface area contributed by atoms with Gasteiger partial charge in [-0.2, -0.15) is 0 Å². The maximum absolute atomic E-state index is 10.9. The number of rotatable bonds is 11. The van der Waals surface area contributed by atoms with Crippen molar-refractivity contribution < 1.29 is 34.6 Å². The van der Waals surface area contributed by atoms with Gasteiger partial charge in [0.05, 0.1) is 50.1 Å². The number of aliphatic hydroxyl groups excluding tert-OH is 4. The average Bonchev–Trinajstić information content (AvgIpc) is 2.94. The Morgan fingerprint density at radius 2 is 1.84 bits per heavy atom. The number of halogens is 2. The van der Waals surface area contributed by atoms with Crippen LogP contribution in [0.4, 0.5) is 11.5 Å². The first-order valence-corrected chi connectivity index (χ1v) is 13.1. The predicted molar refractivity (Wildman–Crippen MR) is 145 cm³/mol.